The van der Waals surface area contributed by atoms with Crippen LogP contribution in [-0.4, -0.2) is 42.3 Å². The van der Waals surface area contributed by atoms with Gasteiger partial charge in [0.1, 0.15) is 6.61 Å². The van der Waals surface area contributed by atoms with E-state index in [-0.39, 0.29) is 25.0 Å². The number of amides is 2. The fourth-order valence-electron chi connectivity index (χ4n) is 3.98. The van der Waals surface area contributed by atoms with Crippen molar-refractivity contribution in [2.24, 2.45) is 11.3 Å². The van der Waals surface area contributed by atoms with Gasteiger partial charge < -0.3 is 20.5 Å². The Kier molecular flexibility index (Phi) is 7.41. The largest absolute Gasteiger partial charge is 0.481 e. The van der Waals surface area contributed by atoms with Crippen LogP contribution in [0, 0.1) is 11.3 Å². The second-order valence-electron chi connectivity index (χ2n) is 9.28. The first-order valence-electron chi connectivity index (χ1n) is 11.2. The van der Waals surface area contributed by atoms with Gasteiger partial charge in [0.25, 0.3) is 0 Å². The Morgan fingerprint density at radius 3 is 2.09 bits per heavy atom. The van der Waals surface area contributed by atoms with E-state index in [1.54, 1.807) is 27.7 Å². The van der Waals surface area contributed by atoms with Gasteiger partial charge >= 0.3 is 12.1 Å². The van der Waals surface area contributed by atoms with Crippen LogP contribution in [-0.2, 0) is 14.3 Å². The maximum Gasteiger partial charge on any atom is 0.407 e. The molecule has 2 aromatic rings. The van der Waals surface area contributed by atoms with Crippen LogP contribution in [0.1, 0.15) is 51.2 Å². The smallest absolute Gasteiger partial charge is 0.407 e. The molecule has 0 fully saturated rings. The summed E-state index contributed by atoms with van der Waals surface area (Å²) in [6.07, 6.45) is -0.141. The van der Waals surface area contributed by atoms with Crippen LogP contribution in [0.2, 0.25) is 0 Å². The standard InChI is InChI=1S/C26H32N2O5/c1-16(23(29)30)17(2)28-24(31)26(3,4)13-14-27-25(32)33-15-22-20-11-7-5-9-18(20)19-10-6-8-12-21(19)22/h5-12,16-17,22H,13-15H2,1-4H3,(H,27,32)(H,28,31)(H,29,30). The number of nitrogens with one attached hydrogen (secondary N) is 2. The minimum absolute atomic E-state index is 0.0110. The van der Waals surface area contributed by atoms with E-state index >= 15 is 0 Å². The molecule has 3 rings (SSSR count). The molecule has 2 atom stereocenters. The van der Waals surface area contributed by atoms with Gasteiger partial charge in [-0.05, 0) is 42.5 Å². The van der Waals surface area contributed by atoms with Crippen LogP contribution in [0.4, 0.5) is 4.79 Å². The highest BCUT2D eigenvalue weighted by Gasteiger charge is 2.31. The highest BCUT2D eigenvalue weighted by Crippen LogP contribution is 2.44. The van der Waals surface area contributed by atoms with Crippen LogP contribution in [0.15, 0.2) is 48.5 Å². The summed E-state index contributed by atoms with van der Waals surface area (Å²) in [4.78, 5) is 36.0. The molecule has 0 radical (unpaired) electrons. The van der Waals surface area contributed by atoms with E-state index in [1.807, 2.05) is 24.3 Å². The highest BCUT2D eigenvalue weighted by molar-refractivity contribution is 5.83. The van der Waals surface area contributed by atoms with Gasteiger partial charge in [0, 0.05) is 23.9 Å². The molecule has 1 aliphatic rings. The number of benzene rings is 2. The molecule has 3 N–H and O–H groups in total. The van der Waals surface area contributed by atoms with Crippen molar-refractivity contribution in [1.29, 1.82) is 0 Å². The maximum atomic E-state index is 12.6. The minimum atomic E-state index is -0.961. The molecule has 2 unspecified atom stereocenters. The molecule has 0 bridgehead atoms. The van der Waals surface area contributed by atoms with Gasteiger partial charge in [-0.3, -0.25) is 9.59 Å². The number of aliphatic carboxylic acids is 1. The molecule has 2 amide bonds. The zero-order valence-corrected chi connectivity index (χ0v) is 19.6. The lowest BCUT2D eigenvalue weighted by atomic mass is 9.87. The first kappa shape index (κ1) is 24.3. The summed E-state index contributed by atoms with van der Waals surface area (Å²) >= 11 is 0. The van der Waals surface area contributed by atoms with Crippen molar-refractivity contribution in [1.82, 2.24) is 10.6 Å². The predicted molar refractivity (Wildman–Crippen MR) is 126 cm³/mol. The molecule has 33 heavy (non-hydrogen) atoms. The first-order valence-corrected chi connectivity index (χ1v) is 11.2. The summed E-state index contributed by atoms with van der Waals surface area (Å²) in [5.41, 5.74) is 3.86. The molecule has 0 heterocycles. The van der Waals surface area contributed by atoms with E-state index in [0.717, 1.165) is 11.1 Å². The number of rotatable bonds is 9. The van der Waals surface area contributed by atoms with Crippen LogP contribution in [0.3, 0.4) is 0 Å². The Balaban J connectivity index is 1.49. The number of alkyl carbamates (subject to hydrolysis) is 1. The number of ether oxygens (including phenoxy) is 1. The molecule has 0 saturated carbocycles. The van der Waals surface area contributed by atoms with Gasteiger partial charge in [0.05, 0.1) is 5.92 Å². The first-order chi connectivity index (χ1) is 15.6. The number of hydrogen-bond acceptors (Lipinski definition) is 4. The van der Waals surface area contributed by atoms with Gasteiger partial charge in [-0.1, -0.05) is 62.4 Å². The van der Waals surface area contributed by atoms with Crippen LogP contribution < -0.4 is 10.6 Å². The molecule has 176 valence electrons. The number of carboxylic acids is 1. The molecule has 0 aromatic heterocycles. The number of hydrogen-bond donors (Lipinski definition) is 3. The van der Waals surface area contributed by atoms with E-state index in [4.69, 9.17) is 9.84 Å². The van der Waals surface area contributed by atoms with Crippen molar-refractivity contribution in [2.75, 3.05) is 13.2 Å². The normalized spacial score (nSPS) is 14.5. The monoisotopic (exact) mass is 452 g/mol. The molecule has 7 nitrogen and oxygen atoms in total. The van der Waals surface area contributed by atoms with Gasteiger partial charge in [-0.15, -0.1) is 0 Å². The lowest BCUT2D eigenvalue weighted by molar-refractivity contribution is -0.142. The van der Waals surface area contributed by atoms with Gasteiger partial charge in [0.2, 0.25) is 5.91 Å². The molecule has 0 aliphatic heterocycles. The summed E-state index contributed by atoms with van der Waals surface area (Å²) in [5, 5.41) is 14.6. The Bertz CT molecular complexity index is 987. The van der Waals surface area contributed by atoms with E-state index in [0.29, 0.717) is 6.42 Å². The number of carbonyl (C=O) groups excluding carboxylic acids is 2. The fourth-order valence-corrected chi connectivity index (χ4v) is 3.98. The number of carboxylic acid groups (broad SMARTS) is 1. The second kappa shape index (κ2) is 10.1. The third-order valence-electron chi connectivity index (χ3n) is 6.48. The highest BCUT2D eigenvalue weighted by atomic mass is 16.5. The summed E-state index contributed by atoms with van der Waals surface area (Å²) in [6.45, 7) is 7.24. The second-order valence-corrected chi connectivity index (χ2v) is 9.28. The molecule has 1 aliphatic carbocycles. The SMILES string of the molecule is CC(NC(=O)C(C)(C)CCNC(=O)OCC1c2ccccc2-c2ccccc21)C(C)C(=O)O. The molecule has 0 saturated heterocycles. The van der Waals surface area contributed by atoms with Gasteiger partial charge in [0.15, 0.2) is 0 Å². The average molecular weight is 453 g/mol. The molecule has 7 heteroatoms. The zero-order chi connectivity index (χ0) is 24.2. The third-order valence-corrected chi connectivity index (χ3v) is 6.48. The van der Waals surface area contributed by atoms with Crippen LogP contribution in [0.5, 0.6) is 0 Å². The average Bonchev–Trinajstić information content (AvgIpc) is 3.10. The van der Waals surface area contributed by atoms with Crippen molar-refractivity contribution in [3.05, 3.63) is 59.7 Å². The number of carbonyl (C=O) groups is 3. The Morgan fingerprint density at radius 1 is 1.00 bits per heavy atom. The maximum absolute atomic E-state index is 12.6. The fraction of sp³-hybridized carbons (Fsp3) is 0.423. The van der Waals surface area contributed by atoms with Crippen LogP contribution in [0.25, 0.3) is 11.1 Å². The summed E-state index contributed by atoms with van der Waals surface area (Å²) in [7, 11) is 0. The van der Waals surface area contributed by atoms with Gasteiger partial charge in [-0.2, -0.15) is 0 Å². The summed E-state index contributed by atoms with van der Waals surface area (Å²) in [6, 6.07) is 15.8. The lowest BCUT2D eigenvalue weighted by Crippen LogP contribution is -2.46. The van der Waals surface area contributed by atoms with Crippen molar-refractivity contribution >= 4 is 18.0 Å². The Morgan fingerprint density at radius 2 is 1.55 bits per heavy atom. The van der Waals surface area contributed by atoms with E-state index < -0.39 is 29.4 Å². The Hall–Kier alpha value is -3.35. The van der Waals surface area contributed by atoms with Crippen molar-refractivity contribution < 1.29 is 24.2 Å². The van der Waals surface area contributed by atoms with Crippen molar-refractivity contribution in [3.8, 4) is 11.1 Å². The van der Waals surface area contributed by atoms with Gasteiger partial charge in [-0.25, -0.2) is 4.79 Å². The lowest BCUT2D eigenvalue weighted by Gasteiger charge is -2.27. The molecule has 0 spiro atoms. The van der Waals surface area contributed by atoms with Crippen LogP contribution >= 0.6 is 0 Å². The zero-order valence-electron chi connectivity index (χ0n) is 19.6. The minimum Gasteiger partial charge on any atom is -0.481 e. The van der Waals surface area contributed by atoms with Crippen molar-refractivity contribution in [3.63, 3.8) is 0 Å². The molecular weight excluding hydrogens is 420 g/mol. The third kappa shape index (κ3) is 5.53. The predicted octanol–water partition coefficient (Wildman–Crippen LogP) is 4.17. The Labute approximate surface area is 194 Å². The van der Waals surface area contributed by atoms with Crippen molar-refractivity contribution in [2.45, 2.75) is 46.1 Å². The summed E-state index contributed by atoms with van der Waals surface area (Å²) < 4.78 is 5.52. The number of fused-ring (bicyclic) bond motifs is 3. The quantitative estimate of drug-likeness (QED) is 0.530. The van der Waals surface area contributed by atoms with E-state index in [9.17, 15) is 14.4 Å². The van der Waals surface area contributed by atoms with E-state index in [1.165, 1.54) is 11.1 Å². The van der Waals surface area contributed by atoms with E-state index in [2.05, 4.69) is 34.9 Å². The molecular formula is C26H32N2O5. The topological polar surface area (TPSA) is 105 Å². The molecule has 2 aromatic carbocycles. The summed E-state index contributed by atoms with van der Waals surface area (Å²) in [5.74, 6) is -1.92.